The molecule has 21 heavy (non-hydrogen) atoms. The van der Waals surface area contributed by atoms with Crippen LogP contribution in [0.1, 0.15) is 34.1 Å². The molecule has 7 nitrogen and oxygen atoms in total. The molecular formula is C14H22O7. The van der Waals surface area contributed by atoms with Crippen molar-refractivity contribution in [2.24, 2.45) is 11.3 Å². The van der Waals surface area contributed by atoms with Gasteiger partial charge in [-0.25, -0.2) is 4.79 Å². The molecule has 0 bridgehead atoms. The molecular weight excluding hydrogens is 280 g/mol. The number of ether oxygens (including phenoxy) is 4. The van der Waals surface area contributed by atoms with Crippen LogP contribution in [0, 0.1) is 11.3 Å². The fourth-order valence-electron chi connectivity index (χ4n) is 1.87. The summed E-state index contributed by atoms with van der Waals surface area (Å²) in [7, 11) is 2.37. The van der Waals surface area contributed by atoms with Crippen LogP contribution in [0.25, 0.3) is 0 Å². The van der Waals surface area contributed by atoms with Crippen LogP contribution in [0.3, 0.4) is 0 Å². The Morgan fingerprint density at radius 2 is 1.86 bits per heavy atom. The van der Waals surface area contributed by atoms with Crippen LogP contribution in [0.15, 0.2) is 0 Å². The van der Waals surface area contributed by atoms with Crippen molar-refractivity contribution in [3.05, 3.63) is 0 Å². The van der Waals surface area contributed by atoms with Gasteiger partial charge in [0.15, 0.2) is 6.10 Å². The first kappa shape index (κ1) is 17.4. The van der Waals surface area contributed by atoms with Crippen LogP contribution in [0.5, 0.6) is 0 Å². The van der Waals surface area contributed by atoms with Crippen molar-refractivity contribution in [3.8, 4) is 0 Å². The predicted molar refractivity (Wildman–Crippen MR) is 71.0 cm³/mol. The summed E-state index contributed by atoms with van der Waals surface area (Å²) in [4.78, 5) is 35.3. The normalized spacial score (nSPS) is 27.0. The van der Waals surface area contributed by atoms with Crippen molar-refractivity contribution in [2.75, 3.05) is 14.2 Å². The topological polar surface area (TPSA) is 88.1 Å². The molecule has 0 saturated carbocycles. The molecule has 3 atom stereocenters. The van der Waals surface area contributed by atoms with Crippen LogP contribution in [-0.4, -0.2) is 44.0 Å². The van der Waals surface area contributed by atoms with Crippen LogP contribution in [0.4, 0.5) is 0 Å². The minimum atomic E-state index is -1.19. The molecule has 0 radical (unpaired) electrons. The molecule has 7 heteroatoms. The van der Waals surface area contributed by atoms with Crippen molar-refractivity contribution >= 4 is 17.9 Å². The Morgan fingerprint density at radius 1 is 1.29 bits per heavy atom. The van der Waals surface area contributed by atoms with Gasteiger partial charge in [0.25, 0.3) is 0 Å². The number of hydrogen-bond donors (Lipinski definition) is 0. The molecule has 0 aromatic carbocycles. The molecule has 0 N–H and O–H groups in total. The maximum atomic E-state index is 12.1. The van der Waals surface area contributed by atoms with Gasteiger partial charge in [-0.05, 0) is 0 Å². The summed E-state index contributed by atoms with van der Waals surface area (Å²) < 4.78 is 20.1. The summed E-state index contributed by atoms with van der Waals surface area (Å²) in [6.45, 7) is 7.15. The van der Waals surface area contributed by atoms with Crippen LogP contribution in [-0.2, 0) is 33.3 Å². The van der Waals surface area contributed by atoms with E-state index in [9.17, 15) is 14.4 Å². The van der Waals surface area contributed by atoms with E-state index < -0.39 is 41.1 Å². The van der Waals surface area contributed by atoms with Crippen molar-refractivity contribution in [3.63, 3.8) is 0 Å². The van der Waals surface area contributed by atoms with E-state index in [4.69, 9.17) is 9.47 Å². The Kier molecular flexibility index (Phi) is 4.99. The smallest absolute Gasteiger partial charge is 0.338 e. The second-order valence-corrected chi connectivity index (χ2v) is 6.07. The standard InChI is InChI=1S/C14H22O7/c1-13(2,3)14(4)20-10(12(17)21-14)8(11(16)19-6)7-9(15)18-5/h8,10H,7H2,1-6H3/t8?,10-,14+/m0/s1. The lowest BCUT2D eigenvalue weighted by Crippen LogP contribution is -2.43. The summed E-state index contributed by atoms with van der Waals surface area (Å²) in [5.41, 5.74) is -0.497. The fraction of sp³-hybridized carbons (Fsp3) is 0.786. The Labute approximate surface area is 123 Å². The third kappa shape index (κ3) is 3.53. The van der Waals surface area contributed by atoms with Gasteiger partial charge in [0.05, 0.1) is 20.6 Å². The Bertz CT molecular complexity index is 437. The van der Waals surface area contributed by atoms with E-state index >= 15 is 0 Å². The molecule has 1 fully saturated rings. The van der Waals surface area contributed by atoms with Gasteiger partial charge < -0.3 is 18.9 Å². The molecule has 1 aliphatic rings. The van der Waals surface area contributed by atoms with Gasteiger partial charge in [0.1, 0.15) is 5.92 Å². The summed E-state index contributed by atoms with van der Waals surface area (Å²) in [6.07, 6.45) is -1.51. The van der Waals surface area contributed by atoms with E-state index in [1.165, 1.54) is 14.2 Å². The highest BCUT2D eigenvalue weighted by atomic mass is 16.8. The van der Waals surface area contributed by atoms with Crippen molar-refractivity contribution in [2.45, 2.75) is 46.0 Å². The van der Waals surface area contributed by atoms with E-state index in [1.54, 1.807) is 6.92 Å². The van der Waals surface area contributed by atoms with E-state index in [-0.39, 0.29) is 6.42 Å². The highest BCUT2D eigenvalue weighted by Gasteiger charge is 2.55. The molecule has 1 unspecified atom stereocenters. The molecule has 0 amide bonds. The van der Waals surface area contributed by atoms with Crippen LogP contribution < -0.4 is 0 Å². The molecule has 0 aromatic rings. The summed E-state index contributed by atoms with van der Waals surface area (Å²) in [5, 5.41) is 0. The SMILES string of the molecule is COC(=O)CC(C(=O)OC)[C@@H]1O[C@@](C)(C(C)(C)C)OC1=O. The molecule has 120 valence electrons. The van der Waals surface area contributed by atoms with E-state index in [1.807, 2.05) is 20.8 Å². The van der Waals surface area contributed by atoms with Crippen molar-refractivity contribution in [1.82, 2.24) is 0 Å². The zero-order valence-corrected chi connectivity index (χ0v) is 13.2. The average Bonchev–Trinajstić information content (AvgIpc) is 2.70. The van der Waals surface area contributed by atoms with Gasteiger partial charge in [0, 0.05) is 12.3 Å². The van der Waals surface area contributed by atoms with Crippen molar-refractivity contribution < 1.29 is 33.3 Å². The molecule has 1 saturated heterocycles. The van der Waals surface area contributed by atoms with Gasteiger partial charge in [-0.2, -0.15) is 0 Å². The second kappa shape index (κ2) is 6.01. The Morgan fingerprint density at radius 3 is 2.24 bits per heavy atom. The molecule has 1 rings (SSSR count). The third-order valence-corrected chi connectivity index (χ3v) is 3.73. The maximum absolute atomic E-state index is 12.1. The van der Waals surface area contributed by atoms with Crippen LogP contribution >= 0.6 is 0 Å². The lowest BCUT2D eigenvalue weighted by molar-refractivity contribution is -0.222. The predicted octanol–water partition coefficient (Wildman–Crippen LogP) is 1.04. The van der Waals surface area contributed by atoms with Gasteiger partial charge in [-0.3, -0.25) is 9.59 Å². The fourth-order valence-corrected chi connectivity index (χ4v) is 1.87. The number of rotatable bonds is 4. The number of methoxy groups -OCH3 is 2. The molecule has 1 heterocycles. The number of hydrogen-bond acceptors (Lipinski definition) is 7. The molecule has 0 aromatic heterocycles. The Hall–Kier alpha value is -1.63. The quantitative estimate of drug-likeness (QED) is 0.566. The molecule has 0 spiro atoms. The average molecular weight is 302 g/mol. The molecule has 0 aliphatic carbocycles. The van der Waals surface area contributed by atoms with E-state index in [2.05, 4.69) is 9.47 Å². The number of carbonyl (C=O) groups is 3. The maximum Gasteiger partial charge on any atom is 0.338 e. The third-order valence-electron chi connectivity index (χ3n) is 3.73. The monoisotopic (exact) mass is 302 g/mol. The highest BCUT2D eigenvalue weighted by molar-refractivity contribution is 5.88. The van der Waals surface area contributed by atoms with Crippen LogP contribution in [0.2, 0.25) is 0 Å². The summed E-state index contributed by atoms with van der Waals surface area (Å²) in [5.74, 6) is -4.32. The lowest BCUT2D eigenvalue weighted by Gasteiger charge is -2.35. The van der Waals surface area contributed by atoms with Gasteiger partial charge in [-0.1, -0.05) is 20.8 Å². The second-order valence-electron chi connectivity index (χ2n) is 6.07. The Balaban J connectivity index is 3.02. The van der Waals surface area contributed by atoms with E-state index in [0.29, 0.717) is 0 Å². The largest absolute Gasteiger partial charge is 0.469 e. The first-order valence-electron chi connectivity index (χ1n) is 6.61. The zero-order chi connectivity index (χ0) is 16.4. The number of carbonyl (C=O) groups excluding carboxylic acids is 3. The number of cyclic esters (lactones) is 1. The first-order valence-corrected chi connectivity index (χ1v) is 6.61. The van der Waals surface area contributed by atoms with Gasteiger partial charge >= 0.3 is 17.9 Å². The zero-order valence-electron chi connectivity index (χ0n) is 13.2. The molecule has 1 aliphatic heterocycles. The minimum absolute atomic E-state index is 0.316. The van der Waals surface area contributed by atoms with Crippen molar-refractivity contribution in [1.29, 1.82) is 0 Å². The van der Waals surface area contributed by atoms with Gasteiger partial charge in [-0.15, -0.1) is 0 Å². The lowest BCUT2D eigenvalue weighted by atomic mass is 9.86. The summed E-state index contributed by atoms with van der Waals surface area (Å²) in [6, 6.07) is 0. The first-order chi connectivity index (χ1) is 9.55. The van der Waals surface area contributed by atoms with E-state index in [0.717, 1.165) is 0 Å². The highest BCUT2D eigenvalue weighted by Crippen LogP contribution is 2.42. The summed E-state index contributed by atoms with van der Waals surface area (Å²) >= 11 is 0. The van der Waals surface area contributed by atoms with Gasteiger partial charge in [0.2, 0.25) is 5.79 Å². The number of esters is 3. The minimum Gasteiger partial charge on any atom is -0.469 e.